The molecule has 21 heavy (non-hydrogen) atoms. The van der Waals surface area contributed by atoms with Crippen molar-refractivity contribution < 1.29 is 0 Å². The van der Waals surface area contributed by atoms with Gasteiger partial charge in [-0.05, 0) is 38.3 Å². The number of benzene rings is 1. The lowest BCUT2D eigenvalue weighted by molar-refractivity contribution is 0.915. The summed E-state index contributed by atoms with van der Waals surface area (Å²) in [5.74, 6) is 2.81. The topological polar surface area (TPSA) is 41.1 Å². The predicted molar refractivity (Wildman–Crippen MR) is 87.4 cm³/mol. The molecule has 1 aliphatic heterocycles. The maximum atomic E-state index is 4.70. The van der Waals surface area contributed by atoms with Crippen LogP contribution in [0.2, 0.25) is 0 Å². The molecule has 0 aliphatic carbocycles. The van der Waals surface area contributed by atoms with Crippen molar-refractivity contribution in [2.75, 3.05) is 23.3 Å². The summed E-state index contributed by atoms with van der Waals surface area (Å²) in [4.78, 5) is 11.6. The van der Waals surface area contributed by atoms with Crippen LogP contribution in [0.5, 0.6) is 0 Å². The van der Waals surface area contributed by atoms with Crippen LogP contribution in [0.3, 0.4) is 0 Å². The average Bonchev–Trinajstić information content (AvgIpc) is 2.91. The van der Waals surface area contributed by atoms with Crippen molar-refractivity contribution in [3.63, 3.8) is 0 Å². The molecule has 0 radical (unpaired) electrons. The molecule has 4 heteroatoms. The SMILES string of the molecule is CCCNc1nc(C)nc(N2CCc3ccccc32)c1C. The summed E-state index contributed by atoms with van der Waals surface area (Å²) < 4.78 is 0. The molecule has 0 spiro atoms. The average molecular weight is 282 g/mol. The maximum Gasteiger partial charge on any atom is 0.141 e. The molecule has 1 aromatic carbocycles. The van der Waals surface area contributed by atoms with Crippen LogP contribution in [0.1, 0.15) is 30.3 Å². The fraction of sp³-hybridized carbons (Fsp3) is 0.412. The predicted octanol–water partition coefficient (Wildman–Crippen LogP) is 3.61. The largest absolute Gasteiger partial charge is 0.370 e. The van der Waals surface area contributed by atoms with E-state index in [4.69, 9.17) is 4.98 Å². The summed E-state index contributed by atoms with van der Waals surface area (Å²) in [5.41, 5.74) is 3.81. The lowest BCUT2D eigenvalue weighted by Gasteiger charge is -2.22. The van der Waals surface area contributed by atoms with Gasteiger partial charge in [0.05, 0.1) is 0 Å². The molecule has 2 aromatic rings. The zero-order valence-corrected chi connectivity index (χ0v) is 13.0. The number of aromatic nitrogens is 2. The van der Waals surface area contributed by atoms with Crippen molar-refractivity contribution in [3.8, 4) is 0 Å². The van der Waals surface area contributed by atoms with Gasteiger partial charge in [0.1, 0.15) is 17.5 Å². The van der Waals surface area contributed by atoms with Gasteiger partial charge in [0, 0.05) is 24.3 Å². The summed E-state index contributed by atoms with van der Waals surface area (Å²) in [6.45, 7) is 8.15. The van der Waals surface area contributed by atoms with Crippen LogP contribution in [-0.2, 0) is 6.42 Å². The van der Waals surface area contributed by atoms with Crippen molar-refractivity contribution in [3.05, 3.63) is 41.2 Å². The Morgan fingerprint density at radius 2 is 2.00 bits per heavy atom. The number of para-hydroxylation sites is 1. The lowest BCUT2D eigenvalue weighted by Crippen LogP contribution is -2.18. The first-order chi connectivity index (χ1) is 10.2. The van der Waals surface area contributed by atoms with Gasteiger partial charge >= 0.3 is 0 Å². The van der Waals surface area contributed by atoms with Gasteiger partial charge in [0.25, 0.3) is 0 Å². The van der Waals surface area contributed by atoms with E-state index in [1.165, 1.54) is 11.3 Å². The van der Waals surface area contributed by atoms with E-state index in [9.17, 15) is 0 Å². The van der Waals surface area contributed by atoms with Crippen molar-refractivity contribution in [1.82, 2.24) is 9.97 Å². The van der Waals surface area contributed by atoms with Gasteiger partial charge in [0.15, 0.2) is 0 Å². The highest BCUT2D eigenvalue weighted by atomic mass is 15.2. The van der Waals surface area contributed by atoms with Crippen molar-refractivity contribution in [2.24, 2.45) is 0 Å². The number of hydrogen-bond donors (Lipinski definition) is 1. The van der Waals surface area contributed by atoms with Crippen LogP contribution in [-0.4, -0.2) is 23.1 Å². The highest BCUT2D eigenvalue weighted by Crippen LogP contribution is 2.36. The molecule has 1 aromatic heterocycles. The third-order valence-corrected chi connectivity index (χ3v) is 3.92. The second-order valence-electron chi connectivity index (χ2n) is 5.53. The molecule has 1 N–H and O–H groups in total. The lowest BCUT2D eigenvalue weighted by atomic mass is 10.2. The summed E-state index contributed by atoms with van der Waals surface area (Å²) in [7, 11) is 0. The Bertz CT molecular complexity index is 651. The molecule has 1 aliphatic rings. The van der Waals surface area contributed by atoms with Crippen LogP contribution in [0.4, 0.5) is 17.3 Å². The molecule has 0 saturated heterocycles. The molecule has 2 heterocycles. The number of fused-ring (bicyclic) bond motifs is 1. The quantitative estimate of drug-likeness (QED) is 0.930. The molecule has 0 unspecified atom stereocenters. The van der Waals surface area contributed by atoms with Crippen molar-refractivity contribution in [2.45, 2.75) is 33.6 Å². The minimum atomic E-state index is 0.818. The molecule has 4 nitrogen and oxygen atoms in total. The first-order valence-corrected chi connectivity index (χ1v) is 7.65. The summed E-state index contributed by atoms with van der Waals surface area (Å²) in [6.07, 6.45) is 2.17. The van der Waals surface area contributed by atoms with Gasteiger partial charge in [-0.1, -0.05) is 25.1 Å². The summed E-state index contributed by atoms with van der Waals surface area (Å²) in [6, 6.07) is 8.58. The second-order valence-corrected chi connectivity index (χ2v) is 5.53. The van der Waals surface area contributed by atoms with E-state index in [0.29, 0.717) is 0 Å². The molecule has 3 rings (SSSR count). The van der Waals surface area contributed by atoms with E-state index in [-0.39, 0.29) is 0 Å². The van der Waals surface area contributed by atoms with E-state index < -0.39 is 0 Å². The van der Waals surface area contributed by atoms with Gasteiger partial charge in [-0.15, -0.1) is 0 Å². The summed E-state index contributed by atoms with van der Waals surface area (Å²) in [5, 5.41) is 3.41. The number of nitrogens with one attached hydrogen (secondary N) is 1. The minimum absolute atomic E-state index is 0.818. The molecular formula is C17H22N4. The van der Waals surface area contributed by atoms with E-state index in [1.54, 1.807) is 0 Å². The first-order valence-electron chi connectivity index (χ1n) is 7.65. The van der Waals surface area contributed by atoms with E-state index in [2.05, 4.69) is 53.3 Å². The van der Waals surface area contributed by atoms with Gasteiger partial charge in [-0.25, -0.2) is 9.97 Å². The van der Waals surface area contributed by atoms with E-state index in [0.717, 1.165) is 49.0 Å². The summed E-state index contributed by atoms with van der Waals surface area (Å²) >= 11 is 0. The number of nitrogens with zero attached hydrogens (tertiary/aromatic N) is 3. The van der Waals surface area contributed by atoms with Gasteiger partial charge in [-0.2, -0.15) is 0 Å². The fourth-order valence-electron chi connectivity index (χ4n) is 2.85. The fourth-order valence-corrected chi connectivity index (χ4v) is 2.85. The number of hydrogen-bond acceptors (Lipinski definition) is 4. The number of anilines is 3. The van der Waals surface area contributed by atoms with Crippen molar-refractivity contribution in [1.29, 1.82) is 0 Å². The Hall–Kier alpha value is -2.10. The van der Waals surface area contributed by atoms with Crippen LogP contribution in [0.15, 0.2) is 24.3 Å². The Kier molecular flexibility index (Phi) is 3.78. The Morgan fingerprint density at radius 1 is 1.19 bits per heavy atom. The van der Waals surface area contributed by atoms with Gasteiger partial charge in [0.2, 0.25) is 0 Å². The highest BCUT2D eigenvalue weighted by molar-refractivity contribution is 5.72. The smallest absolute Gasteiger partial charge is 0.141 e. The second kappa shape index (κ2) is 5.72. The van der Waals surface area contributed by atoms with E-state index >= 15 is 0 Å². The zero-order chi connectivity index (χ0) is 14.8. The third-order valence-electron chi connectivity index (χ3n) is 3.92. The minimum Gasteiger partial charge on any atom is -0.370 e. The zero-order valence-electron chi connectivity index (χ0n) is 13.0. The van der Waals surface area contributed by atoms with E-state index in [1.807, 2.05) is 6.92 Å². The Morgan fingerprint density at radius 3 is 2.81 bits per heavy atom. The van der Waals surface area contributed by atoms with Crippen LogP contribution in [0, 0.1) is 13.8 Å². The van der Waals surface area contributed by atoms with Crippen LogP contribution < -0.4 is 10.2 Å². The molecule has 0 fully saturated rings. The van der Waals surface area contributed by atoms with Gasteiger partial charge in [-0.3, -0.25) is 0 Å². The third kappa shape index (κ3) is 2.58. The maximum absolute atomic E-state index is 4.70. The monoisotopic (exact) mass is 282 g/mol. The standard InChI is InChI=1S/C17H22N4/c1-4-10-18-16-12(2)17(20-13(3)19-16)21-11-9-14-7-5-6-8-15(14)21/h5-8H,4,9-11H2,1-3H3,(H,18,19,20). The molecule has 110 valence electrons. The number of rotatable bonds is 4. The highest BCUT2D eigenvalue weighted by Gasteiger charge is 2.23. The molecule has 0 amide bonds. The van der Waals surface area contributed by atoms with Crippen LogP contribution >= 0.6 is 0 Å². The molecular weight excluding hydrogens is 260 g/mol. The van der Waals surface area contributed by atoms with Gasteiger partial charge < -0.3 is 10.2 Å². The molecule has 0 atom stereocenters. The molecule has 0 bridgehead atoms. The Labute approximate surface area is 126 Å². The first kappa shape index (κ1) is 13.9. The Balaban J connectivity index is 2.01. The number of aryl methyl sites for hydroxylation is 1. The van der Waals surface area contributed by atoms with Crippen LogP contribution in [0.25, 0.3) is 0 Å². The normalized spacial score (nSPS) is 13.4. The molecule has 0 saturated carbocycles. The van der Waals surface area contributed by atoms with Crippen molar-refractivity contribution >= 4 is 17.3 Å².